The molecule has 0 aliphatic carbocycles. The number of halogens is 1. The van der Waals surface area contributed by atoms with E-state index in [0.29, 0.717) is 10.6 Å². The lowest BCUT2D eigenvalue weighted by Crippen LogP contribution is -2.14. The van der Waals surface area contributed by atoms with Gasteiger partial charge in [-0.1, -0.05) is 30.0 Å². The first kappa shape index (κ1) is 17.7. The summed E-state index contributed by atoms with van der Waals surface area (Å²) in [6, 6.07) is 17.5. The van der Waals surface area contributed by atoms with Gasteiger partial charge in [0.25, 0.3) is 0 Å². The van der Waals surface area contributed by atoms with Crippen LogP contribution in [0.2, 0.25) is 0 Å². The summed E-state index contributed by atoms with van der Waals surface area (Å²) in [4.78, 5) is 16.7. The normalized spacial score (nSPS) is 10.4. The summed E-state index contributed by atoms with van der Waals surface area (Å²) >= 11 is 3.48. The molecule has 3 rings (SSSR count). The van der Waals surface area contributed by atoms with Crippen molar-refractivity contribution in [2.24, 2.45) is 0 Å². The van der Waals surface area contributed by atoms with Crippen LogP contribution in [0, 0.1) is 21.8 Å². The van der Waals surface area contributed by atoms with Crippen LogP contribution < -0.4 is 5.32 Å². The van der Waals surface area contributed by atoms with E-state index >= 15 is 0 Å². The van der Waals surface area contributed by atoms with Gasteiger partial charge >= 0.3 is 0 Å². The van der Waals surface area contributed by atoms with Gasteiger partial charge in [-0.15, -0.1) is 0 Å². The van der Waals surface area contributed by atoms with Crippen molar-refractivity contribution >= 4 is 56.9 Å². The number of pyridine rings is 1. The molecule has 4 nitrogen and oxygen atoms in total. The molecular weight excluding hydrogens is 445 g/mol. The van der Waals surface area contributed by atoms with Crippen molar-refractivity contribution in [2.45, 2.75) is 11.9 Å². The minimum Gasteiger partial charge on any atom is -0.325 e. The number of carbonyl (C=O) groups excluding carboxylic acids is 1. The average Bonchev–Trinajstić information content (AvgIpc) is 2.59. The van der Waals surface area contributed by atoms with E-state index in [1.54, 1.807) is 0 Å². The van der Waals surface area contributed by atoms with E-state index in [0.717, 1.165) is 25.7 Å². The van der Waals surface area contributed by atoms with Crippen molar-refractivity contribution in [1.82, 2.24) is 4.98 Å². The number of hydrogen-bond donors (Lipinski definition) is 1. The molecule has 1 aromatic heterocycles. The zero-order valence-corrected chi connectivity index (χ0v) is 16.4. The van der Waals surface area contributed by atoms with Crippen LogP contribution in [0.25, 0.3) is 10.9 Å². The number of carbonyl (C=O) groups is 1. The second-order valence-electron chi connectivity index (χ2n) is 5.50. The van der Waals surface area contributed by atoms with Gasteiger partial charge in [0, 0.05) is 14.6 Å². The van der Waals surface area contributed by atoms with Crippen molar-refractivity contribution in [1.29, 1.82) is 5.26 Å². The molecule has 0 saturated carbocycles. The van der Waals surface area contributed by atoms with E-state index in [4.69, 9.17) is 0 Å². The number of nitriles is 1. The van der Waals surface area contributed by atoms with Crippen LogP contribution in [0.3, 0.4) is 0 Å². The number of fused-ring (bicyclic) bond motifs is 1. The Labute approximate surface area is 163 Å². The first-order valence-corrected chi connectivity index (χ1v) is 9.61. The van der Waals surface area contributed by atoms with Gasteiger partial charge < -0.3 is 5.32 Å². The molecule has 0 radical (unpaired) electrons. The fraction of sp³-hybridized carbons (Fsp3) is 0.105. The Balaban J connectivity index is 1.75. The number of anilines is 1. The monoisotopic (exact) mass is 459 g/mol. The van der Waals surface area contributed by atoms with E-state index in [9.17, 15) is 10.1 Å². The highest BCUT2D eigenvalue weighted by Crippen LogP contribution is 2.25. The molecule has 0 fully saturated rings. The molecule has 0 aliphatic rings. The van der Waals surface area contributed by atoms with Gasteiger partial charge in [-0.05, 0) is 65.4 Å². The van der Waals surface area contributed by atoms with Gasteiger partial charge in [0.05, 0.1) is 16.8 Å². The summed E-state index contributed by atoms with van der Waals surface area (Å²) < 4.78 is 1.06. The Morgan fingerprint density at radius 1 is 1.28 bits per heavy atom. The standard InChI is InChI=1S/C19H14IN3OS/c1-12-5-6-13-8-14(10-21)19(23-17(13)7-12)25-11-18(24)22-16-4-2-3-15(20)9-16/h2-9H,11H2,1H3,(H,22,24). The number of amides is 1. The molecule has 1 N–H and O–H groups in total. The van der Waals surface area contributed by atoms with Gasteiger partial charge in [0.15, 0.2) is 0 Å². The maximum atomic E-state index is 12.2. The van der Waals surface area contributed by atoms with Crippen LogP contribution in [0.15, 0.2) is 53.6 Å². The minimum atomic E-state index is -0.123. The maximum Gasteiger partial charge on any atom is 0.234 e. The Bertz CT molecular complexity index is 998. The summed E-state index contributed by atoms with van der Waals surface area (Å²) in [6.45, 7) is 2.00. The van der Waals surface area contributed by atoms with Gasteiger partial charge in [0.1, 0.15) is 11.1 Å². The lowest BCUT2D eigenvalue weighted by Gasteiger charge is -2.07. The van der Waals surface area contributed by atoms with Crippen molar-refractivity contribution < 1.29 is 4.79 Å². The summed E-state index contributed by atoms with van der Waals surface area (Å²) in [5.41, 5.74) is 3.19. The highest BCUT2D eigenvalue weighted by atomic mass is 127. The Hall–Kier alpha value is -2.11. The minimum absolute atomic E-state index is 0.123. The third kappa shape index (κ3) is 4.50. The van der Waals surface area contributed by atoms with E-state index in [-0.39, 0.29) is 11.7 Å². The summed E-state index contributed by atoms with van der Waals surface area (Å²) in [7, 11) is 0. The van der Waals surface area contributed by atoms with Crippen LogP contribution in [0.1, 0.15) is 11.1 Å². The molecule has 0 spiro atoms. The number of aromatic nitrogens is 1. The predicted molar refractivity (Wildman–Crippen MR) is 110 cm³/mol. The number of benzene rings is 2. The highest BCUT2D eigenvalue weighted by Gasteiger charge is 2.11. The number of rotatable bonds is 4. The summed E-state index contributed by atoms with van der Waals surface area (Å²) in [5.74, 6) is 0.0758. The molecule has 0 bridgehead atoms. The molecule has 0 saturated heterocycles. The zero-order chi connectivity index (χ0) is 17.8. The smallest absolute Gasteiger partial charge is 0.234 e. The maximum absolute atomic E-state index is 12.2. The summed E-state index contributed by atoms with van der Waals surface area (Å²) in [5, 5.41) is 13.7. The molecule has 1 heterocycles. The quantitative estimate of drug-likeness (QED) is 0.452. The van der Waals surface area contributed by atoms with Crippen molar-refractivity contribution in [3.05, 3.63) is 63.2 Å². The van der Waals surface area contributed by atoms with Gasteiger partial charge in [0.2, 0.25) is 5.91 Å². The molecule has 0 unspecified atom stereocenters. The Morgan fingerprint density at radius 2 is 2.12 bits per heavy atom. The molecule has 25 heavy (non-hydrogen) atoms. The fourth-order valence-corrected chi connectivity index (χ4v) is 3.65. The Kier molecular flexibility index (Phi) is 5.56. The molecule has 0 atom stereocenters. The predicted octanol–water partition coefficient (Wildman–Crippen LogP) is 4.75. The van der Waals surface area contributed by atoms with Gasteiger partial charge in [-0.2, -0.15) is 5.26 Å². The average molecular weight is 459 g/mol. The molecule has 1 amide bonds. The lowest BCUT2D eigenvalue weighted by molar-refractivity contribution is -0.113. The van der Waals surface area contributed by atoms with Crippen molar-refractivity contribution in [2.75, 3.05) is 11.1 Å². The second kappa shape index (κ2) is 7.85. The second-order valence-corrected chi connectivity index (χ2v) is 7.71. The topological polar surface area (TPSA) is 65.8 Å². The zero-order valence-electron chi connectivity index (χ0n) is 13.4. The van der Waals surface area contributed by atoms with Crippen LogP contribution in [0.5, 0.6) is 0 Å². The third-order valence-corrected chi connectivity index (χ3v) is 5.17. The molecule has 124 valence electrons. The van der Waals surface area contributed by atoms with E-state index in [2.05, 4.69) is 39.0 Å². The lowest BCUT2D eigenvalue weighted by atomic mass is 10.1. The van der Waals surface area contributed by atoms with Gasteiger partial charge in [-0.25, -0.2) is 4.98 Å². The number of nitrogens with zero attached hydrogens (tertiary/aromatic N) is 2. The van der Waals surface area contributed by atoms with E-state index in [1.165, 1.54) is 11.8 Å². The number of hydrogen-bond acceptors (Lipinski definition) is 4. The molecule has 6 heteroatoms. The van der Waals surface area contributed by atoms with Crippen LogP contribution >= 0.6 is 34.4 Å². The SMILES string of the molecule is Cc1ccc2cc(C#N)c(SCC(=O)Nc3cccc(I)c3)nc2c1. The Morgan fingerprint density at radius 3 is 2.88 bits per heavy atom. The number of nitrogens with one attached hydrogen (secondary N) is 1. The first-order valence-electron chi connectivity index (χ1n) is 7.55. The molecule has 0 aliphatic heterocycles. The number of thioether (sulfide) groups is 1. The van der Waals surface area contributed by atoms with E-state index < -0.39 is 0 Å². The van der Waals surface area contributed by atoms with Gasteiger partial charge in [-0.3, -0.25) is 4.79 Å². The van der Waals surface area contributed by atoms with Crippen LogP contribution in [-0.2, 0) is 4.79 Å². The molecular formula is C19H14IN3OS. The molecule has 2 aromatic carbocycles. The third-order valence-electron chi connectivity index (χ3n) is 3.51. The van der Waals surface area contributed by atoms with E-state index in [1.807, 2.05) is 55.5 Å². The summed E-state index contributed by atoms with van der Waals surface area (Å²) in [6.07, 6.45) is 0. The number of aryl methyl sites for hydroxylation is 1. The van der Waals surface area contributed by atoms with Crippen LogP contribution in [-0.4, -0.2) is 16.6 Å². The molecule has 3 aromatic rings. The van der Waals surface area contributed by atoms with Crippen molar-refractivity contribution in [3.8, 4) is 6.07 Å². The first-order chi connectivity index (χ1) is 12.0. The largest absolute Gasteiger partial charge is 0.325 e. The fourth-order valence-electron chi connectivity index (χ4n) is 2.35. The van der Waals surface area contributed by atoms with Crippen molar-refractivity contribution in [3.63, 3.8) is 0 Å². The highest BCUT2D eigenvalue weighted by molar-refractivity contribution is 14.1. The van der Waals surface area contributed by atoms with Crippen LogP contribution in [0.4, 0.5) is 5.69 Å².